The van der Waals surface area contributed by atoms with Crippen molar-refractivity contribution in [2.24, 2.45) is 5.92 Å². The number of nitrogens with zero attached hydrogens (tertiary/aromatic N) is 1. The largest absolute Gasteiger partial charge is 0.399 e. The van der Waals surface area contributed by atoms with Crippen LogP contribution in [0.1, 0.15) is 36.5 Å². The Bertz CT molecular complexity index is 729. The van der Waals surface area contributed by atoms with E-state index in [1.807, 2.05) is 30.3 Å². The third kappa shape index (κ3) is 7.34. The predicted molar refractivity (Wildman–Crippen MR) is 121 cm³/mol. The summed E-state index contributed by atoms with van der Waals surface area (Å²) in [6, 6.07) is 15.9. The molecule has 0 atom stereocenters. The van der Waals surface area contributed by atoms with Crippen LogP contribution in [0.2, 0.25) is 0 Å². The Morgan fingerprint density at radius 3 is 2.29 bits per heavy atom. The van der Waals surface area contributed by atoms with Gasteiger partial charge in [0.1, 0.15) is 0 Å². The number of carbonyl (C=O) groups is 1. The summed E-state index contributed by atoms with van der Waals surface area (Å²) >= 11 is 0. The van der Waals surface area contributed by atoms with Crippen LogP contribution in [0.25, 0.3) is 0 Å². The topological polar surface area (TPSA) is 58.4 Å². The van der Waals surface area contributed by atoms with Gasteiger partial charge in [0.15, 0.2) is 0 Å². The summed E-state index contributed by atoms with van der Waals surface area (Å²) in [6.45, 7) is 6.21. The van der Waals surface area contributed by atoms with Crippen LogP contribution in [0.15, 0.2) is 48.5 Å². The lowest BCUT2D eigenvalue weighted by Crippen LogP contribution is -2.33. The minimum Gasteiger partial charge on any atom is -0.399 e. The summed E-state index contributed by atoms with van der Waals surface area (Å²) in [6.07, 6.45) is 2.94. The lowest BCUT2D eigenvalue weighted by molar-refractivity contribution is -0.120. The van der Waals surface area contributed by atoms with E-state index in [1.165, 1.54) is 37.1 Å². The summed E-state index contributed by atoms with van der Waals surface area (Å²) < 4.78 is 0. The van der Waals surface area contributed by atoms with Crippen LogP contribution in [0.3, 0.4) is 0 Å². The molecule has 3 N–H and O–H groups in total. The van der Waals surface area contributed by atoms with Crippen LogP contribution in [0.4, 0.5) is 5.69 Å². The molecule has 2 aromatic rings. The van der Waals surface area contributed by atoms with Crippen molar-refractivity contribution >= 4 is 36.4 Å². The first-order valence-electron chi connectivity index (χ1n) is 9.50. The number of rotatable bonds is 6. The Morgan fingerprint density at radius 2 is 1.64 bits per heavy atom. The summed E-state index contributed by atoms with van der Waals surface area (Å²) in [5.74, 6) is 0.880. The zero-order valence-corrected chi connectivity index (χ0v) is 18.0. The predicted octanol–water partition coefficient (Wildman–Crippen LogP) is 4.20. The van der Waals surface area contributed by atoms with E-state index in [2.05, 4.69) is 35.3 Å². The standard InChI is InChI=1S/C22H29N3O.2ClH/c1-17-10-12-25(13-11-17)16-20-5-3-2-4-19(20)15-24-22(26)14-18-6-8-21(23)9-7-18;;/h2-9,17H,10-16,23H2,1H3,(H,24,26);2*1H. The van der Waals surface area contributed by atoms with E-state index >= 15 is 0 Å². The average Bonchev–Trinajstić information content (AvgIpc) is 2.65. The molecule has 0 bridgehead atoms. The van der Waals surface area contributed by atoms with Crippen molar-refractivity contribution in [3.8, 4) is 0 Å². The highest BCUT2D eigenvalue weighted by Crippen LogP contribution is 2.19. The molecule has 1 saturated heterocycles. The van der Waals surface area contributed by atoms with Gasteiger partial charge in [-0.25, -0.2) is 0 Å². The second-order valence-electron chi connectivity index (χ2n) is 7.42. The Labute approximate surface area is 180 Å². The fourth-order valence-electron chi connectivity index (χ4n) is 3.42. The average molecular weight is 424 g/mol. The van der Waals surface area contributed by atoms with Crippen molar-refractivity contribution in [2.45, 2.75) is 39.3 Å². The third-order valence-electron chi connectivity index (χ3n) is 5.21. The van der Waals surface area contributed by atoms with Crippen molar-refractivity contribution in [3.63, 3.8) is 0 Å². The molecule has 1 amide bonds. The van der Waals surface area contributed by atoms with Crippen molar-refractivity contribution in [1.29, 1.82) is 0 Å². The molecule has 1 aliphatic rings. The first kappa shape index (κ1) is 24.3. The molecule has 2 aromatic carbocycles. The molecular weight excluding hydrogens is 393 g/mol. The molecule has 4 nitrogen and oxygen atoms in total. The van der Waals surface area contributed by atoms with Crippen LogP contribution in [-0.4, -0.2) is 23.9 Å². The van der Waals surface area contributed by atoms with E-state index in [0.29, 0.717) is 13.0 Å². The first-order valence-corrected chi connectivity index (χ1v) is 9.50. The number of benzene rings is 2. The van der Waals surface area contributed by atoms with E-state index in [0.717, 1.165) is 23.7 Å². The molecule has 0 radical (unpaired) electrons. The molecule has 3 rings (SSSR count). The first-order chi connectivity index (χ1) is 12.6. The number of carbonyl (C=O) groups excluding carboxylic acids is 1. The molecule has 1 heterocycles. The fraction of sp³-hybridized carbons (Fsp3) is 0.409. The van der Waals surface area contributed by atoms with Gasteiger partial charge in [-0.15, -0.1) is 24.8 Å². The van der Waals surface area contributed by atoms with Gasteiger partial charge in [0, 0.05) is 18.8 Å². The maximum atomic E-state index is 12.3. The molecule has 0 unspecified atom stereocenters. The zero-order valence-electron chi connectivity index (χ0n) is 16.4. The highest BCUT2D eigenvalue weighted by molar-refractivity contribution is 5.85. The number of piperidine rings is 1. The van der Waals surface area contributed by atoms with Crippen LogP contribution in [0, 0.1) is 5.92 Å². The maximum Gasteiger partial charge on any atom is 0.224 e. The number of amides is 1. The van der Waals surface area contributed by atoms with Gasteiger partial charge < -0.3 is 11.1 Å². The van der Waals surface area contributed by atoms with Gasteiger partial charge in [-0.1, -0.05) is 43.3 Å². The molecule has 0 spiro atoms. The minimum absolute atomic E-state index is 0. The van der Waals surface area contributed by atoms with E-state index in [9.17, 15) is 4.79 Å². The van der Waals surface area contributed by atoms with Crippen LogP contribution < -0.4 is 11.1 Å². The molecule has 28 heavy (non-hydrogen) atoms. The molecular formula is C22H31Cl2N3O. The molecule has 1 fully saturated rings. The van der Waals surface area contributed by atoms with Gasteiger partial charge in [-0.3, -0.25) is 9.69 Å². The van der Waals surface area contributed by atoms with Gasteiger partial charge >= 0.3 is 0 Å². The number of likely N-dealkylation sites (tertiary alicyclic amines) is 1. The van der Waals surface area contributed by atoms with Crippen molar-refractivity contribution in [3.05, 3.63) is 65.2 Å². The number of nitrogens with one attached hydrogen (secondary N) is 1. The summed E-state index contributed by atoms with van der Waals surface area (Å²) in [5, 5.41) is 3.06. The second-order valence-corrected chi connectivity index (χ2v) is 7.42. The quantitative estimate of drug-likeness (QED) is 0.684. The monoisotopic (exact) mass is 423 g/mol. The zero-order chi connectivity index (χ0) is 18.4. The fourth-order valence-corrected chi connectivity index (χ4v) is 3.42. The van der Waals surface area contributed by atoms with E-state index in [-0.39, 0.29) is 30.7 Å². The summed E-state index contributed by atoms with van der Waals surface area (Å²) in [7, 11) is 0. The van der Waals surface area contributed by atoms with Crippen molar-refractivity contribution in [1.82, 2.24) is 10.2 Å². The maximum absolute atomic E-state index is 12.3. The molecule has 6 heteroatoms. The number of halogens is 2. The van der Waals surface area contributed by atoms with E-state index in [1.54, 1.807) is 0 Å². The van der Waals surface area contributed by atoms with Gasteiger partial charge in [-0.2, -0.15) is 0 Å². The third-order valence-corrected chi connectivity index (χ3v) is 5.21. The summed E-state index contributed by atoms with van der Waals surface area (Å²) in [4.78, 5) is 14.8. The normalized spacial score (nSPS) is 14.6. The smallest absolute Gasteiger partial charge is 0.224 e. The molecule has 0 aliphatic carbocycles. The van der Waals surface area contributed by atoms with Gasteiger partial charge in [0.05, 0.1) is 6.42 Å². The van der Waals surface area contributed by atoms with Crippen LogP contribution in [-0.2, 0) is 24.3 Å². The Morgan fingerprint density at radius 1 is 1.04 bits per heavy atom. The second kappa shape index (κ2) is 11.9. The lowest BCUT2D eigenvalue weighted by Gasteiger charge is -2.30. The van der Waals surface area contributed by atoms with Crippen molar-refractivity contribution < 1.29 is 4.79 Å². The number of anilines is 1. The van der Waals surface area contributed by atoms with Crippen LogP contribution in [0.5, 0.6) is 0 Å². The molecule has 154 valence electrons. The number of hydrogen-bond donors (Lipinski definition) is 2. The van der Waals surface area contributed by atoms with E-state index < -0.39 is 0 Å². The molecule has 0 aromatic heterocycles. The highest BCUT2D eigenvalue weighted by Gasteiger charge is 2.16. The van der Waals surface area contributed by atoms with Gasteiger partial charge in [0.2, 0.25) is 5.91 Å². The SMILES string of the molecule is CC1CCN(Cc2ccccc2CNC(=O)Cc2ccc(N)cc2)CC1.Cl.Cl. The van der Waals surface area contributed by atoms with Crippen molar-refractivity contribution in [2.75, 3.05) is 18.8 Å². The Kier molecular flexibility index (Phi) is 10.4. The van der Waals surface area contributed by atoms with Gasteiger partial charge in [-0.05, 0) is 60.7 Å². The Balaban J connectivity index is 0.00000196. The van der Waals surface area contributed by atoms with Gasteiger partial charge in [0.25, 0.3) is 0 Å². The lowest BCUT2D eigenvalue weighted by atomic mass is 9.98. The molecule has 0 saturated carbocycles. The number of hydrogen-bond acceptors (Lipinski definition) is 3. The Hall–Kier alpha value is -1.75. The highest BCUT2D eigenvalue weighted by atomic mass is 35.5. The number of nitrogens with two attached hydrogens (primary N) is 1. The number of nitrogen functional groups attached to an aromatic ring is 1. The molecule has 1 aliphatic heterocycles. The minimum atomic E-state index is 0. The summed E-state index contributed by atoms with van der Waals surface area (Å²) in [5.41, 5.74) is 9.91. The van der Waals surface area contributed by atoms with Crippen LogP contribution >= 0.6 is 24.8 Å². The van der Waals surface area contributed by atoms with E-state index in [4.69, 9.17) is 5.73 Å².